The van der Waals surface area contributed by atoms with Gasteiger partial charge in [-0.1, -0.05) is 19.8 Å². The van der Waals surface area contributed by atoms with Gasteiger partial charge < -0.3 is 15.2 Å². The highest BCUT2D eigenvalue weighted by Crippen LogP contribution is 2.11. The average molecular weight is 266 g/mol. The molecule has 0 fully saturated rings. The summed E-state index contributed by atoms with van der Waals surface area (Å²) in [6.07, 6.45) is 4.25. The van der Waals surface area contributed by atoms with Crippen molar-refractivity contribution in [2.45, 2.75) is 26.2 Å². The summed E-state index contributed by atoms with van der Waals surface area (Å²) >= 11 is 0. The molecule has 6 heteroatoms. The van der Waals surface area contributed by atoms with Gasteiger partial charge in [-0.3, -0.25) is 9.59 Å². The maximum Gasteiger partial charge on any atom is 0.325 e. The van der Waals surface area contributed by atoms with E-state index in [1.165, 1.54) is 18.3 Å². The van der Waals surface area contributed by atoms with E-state index in [0.717, 1.165) is 19.3 Å². The lowest BCUT2D eigenvalue weighted by Gasteiger charge is -2.06. The normalized spacial score (nSPS) is 9.95. The standard InChI is InChI=1S/C13H18N2O4/c1-2-3-4-8-19-11(17)9-15-13(18)12-10(16)6-5-7-14-12/h5-7,16H,2-4,8-9H2,1H3,(H,15,18). The van der Waals surface area contributed by atoms with Gasteiger partial charge in [-0.15, -0.1) is 0 Å². The van der Waals surface area contributed by atoms with Crippen LogP contribution in [-0.2, 0) is 9.53 Å². The van der Waals surface area contributed by atoms with Gasteiger partial charge in [0.05, 0.1) is 6.61 Å². The van der Waals surface area contributed by atoms with Gasteiger partial charge in [-0.05, 0) is 18.6 Å². The topological polar surface area (TPSA) is 88.5 Å². The average Bonchev–Trinajstić information content (AvgIpc) is 2.41. The molecule has 1 aromatic rings. The van der Waals surface area contributed by atoms with Crippen molar-refractivity contribution < 1.29 is 19.4 Å². The number of nitrogens with one attached hydrogen (secondary N) is 1. The Morgan fingerprint density at radius 3 is 2.89 bits per heavy atom. The molecule has 0 radical (unpaired) electrons. The first-order valence-electron chi connectivity index (χ1n) is 6.23. The number of pyridine rings is 1. The van der Waals surface area contributed by atoms with Crippen LogP contribution in [0.1, 0.15) is 36.7 Å². The van der Waals surface area contributed by atoms with Crippen molar-refractivity contribution in [1.82, 2.24) is 10.3 Å². The van der Waals surface area contributed by atoms with E-state index >= 15 is 0 Å². The molecule has 1 rings (SSSR count). The Hall–Kier alpha value is -2.11. The molecule has 6 nitrogen and oxygen atoms in total. The first kappa shape index (κ1) is 14.9. The van der Waals surface area contributed by atoms with E-state index in [1.54, 1.807) is 0 Å². The fraction of sp³-hybridized carbons (Fsp3) is 0.462. The van der Waals surface area contributed by atoms with Crippen LogP contribution in [0.5, 0.6) is 5.75 Å². The lowest BCUT2D eigenvalue weighted by atomic mass is 10.3. The maximum absolute atomic E-state index is 11.6. The lowest BCUT2D eigenvalue weighted by Crippen LogP contribution is -2.31. The Labute approximate surface area is 111 Å². The highest BCUT2D eigenvalue weighted by molar-refractivity contribution is 5.96. The molecule has 1 aromatic heterocycles. The number of aromatic nitrogens is 1. The van der Waals surface area contributed by atoms with Crippen LogP contribution in [0.3, 0.4) is 0 Å². The Kier molecular flexibility index (Phi) is 6.35. The molecule has 0 atom stereocenters. The van der Waals surface area contributed by atoms with E-state index in [9.17, 15) is 14.7 Å². The molecule has 0 aliphatic rings. The van der Waals surface area contributed by atoms with Gasteiger partial charge in [0.2, 0.25) is 0 Å². The van der Waals surface area contributed by atoms with Gasteiger partial charge in [0.25, 0.3) is 5.91 Å². The molecule has 0 aliphatic carbocycles. The zero-order valence-electron chi connectivity index (χ0n) is 10.9. The SMILES string of the molecule is CCCCCOC(=O)CNC(=O)c1ncccc1O. The summed E-state index contributed by atoms with van der Waals surface area (Å²) in [5.41, 5.74) is -0.110. The largest absolute Gasteiger partial charge is 0.505 e. The quantitative estimate of drug-likeness (QED) is 0.572. The summed E-state index contributed by atoms with van der Waals surface area (Å²) in [5.74, 6) is -1.33. The highest BCUT2D eigenvalue weighted by atomic mass is 16.5. The van der Waals surface area contributed by atoms with Gasteiger partial charge >= 0.3 is 5.97 Å². The lowest BCUT2D eigenvalue weighted by molar-refractivity contribution is -0.142. The summed E-state index contributed by atoms with van der Waals surface area (Å²) < 4.78 is 4.92. The van der Waals surface area contributed by atoms with Crippen LogP contribution in [0.4, 0.5) is 0 Å². The van der Waals surface area contributed by atoms with Crippen molar-refractivity contribution in [3.05, 3.63) is 24.0 Å². The van der Waals surface area contributed by atoms with Crippen LogP contribution < -0.4 is 5.32 Å². The highest BCUT2D eigenvalue weighted by Gasteiger charge is 2.13. The van der Waals surface area contributed by atoms with Crippen LogP contribution >= 0.6 is 0 Å². The molecule has 0 saturated carbocycles. The second-order valence-corrected chi connectivity index (χ2v) is 3.98. The molecule has 2 N–H and O–H groups in total. The van der Waals surface area contributed by atoms with E-state index in [-0.39, 0.29) is 18.0 Å². The predicted octanol–water partition coefficient (Wildman–Crippen LogP) is 1.25. The first-order valence-corrected chi connectivity index (χ1v) is 6.23. The number of hydrogen-bond acceptors (Lipinski definition) is 5. The van der Waals surface area contributed by atoms with Gasteiger partial charge in [-0.2, -0.15) is 0 Å². The summed E-state index contributed by atoms with van der Waals surface area (Å²) in [6, 6.07) is 2.86. The number of esters is 1. The zero-order valence-corrected chi connectivity index (χ0v) is 10.9. The van der Waals surface area contributed by atoms with Crippen LogP contribution in [-0.4, -0.2) is 35.1 Å². The Morgan fingerprint density at radius 2 is 2.21 bits per heavy atom. The zero-order chi connectivity index (χ0) is 14.1. The second kappa shape index (κ2) is 8.07. The van der Waals surface area contributed by atoms with Crippen LogP contribution in [0.25, 0.3) is 0 Å². The van der Waals surface area contributed by atoms with Crippen molar-refractivity contribution in [2.75, 3.05) is 13.2 Å². The monoisotopic (exact) mass is 266 g/mol. The Bertz CT molecular complexity index is 434. The number of rotatable bonds is 7. The summed E-state index contributed by atoms with van der Waals surface area (Å²) in [4.78, 5) is 26.6. The Balaban J connectivity index is 2.30. The number of aromatic hydroxyl groups is 1. The van der Waals surface area contributed by atoms with Gasteiger partial charge in [-0.25, -0.2) is 4.98 Å². The number of carbonyl (C=O) groups is 2. The van der Waals surface area contributed by atoms with Crippen molar-refractivity contribution in [2.24, 2.45) is 0 Å². The molecule has 0 aliphatic heterocycles. The van der Waals surface area contributed by atoms with Crippen molar-refractivity contribution in [3.8, 4) is 5.75 Å². The number of hydrogen-bond donors (Lipinski definition) is 2. The molecule has 1 amide bonds. The van der Waals surface area contributed by atoms with Crippen LogP contribution in [0, 0.1) is 0 Å². The minimum absolute atomic E-state index is 0.110. The summed E-state index contributed by atoms with van der Waals surface area (Å²) in [5, 5.41) is 11.8. The fourth-order valence-electron chi connectivity index (χ4n) is 1.40. The number of carbonyl (C=O) groups excluding carboxylic acids is 2. The van der Waals surface area contributed by atoms with E-state index in [4.69, 9.17) is 4.74 Å². The fourth-order valence-corrected chi connectivity index (χ4v) is 1.40. The van der Waals surface area contributed by atoms with Crippen LogP contribution in [0.15, 0.2) is 18.3 Å². The van der Waals surface area contributed by atoms with Crippen LogP contribution in [0.2, 0.25) is 0 Å². The number of amides is 1. The number of ether oxygens (including phenoxy) is 1. The first-order chi connectivity index (χ1) is 9.15. The molecule has 0 aromatic carbocycles. The smallest absolute Gasteiger partial charge is 0.325 e. The maximum atomic E-state index is 11.6. The predicted molar refractivity (Wildman–Crippen MR) is 68.7 cm³/mol. The molecular formula is C13H18N2O4. The molecular weight excluding hydrogens is 248 g/mol. The molecule has 0 unspecified atom stereocenters. The molecule has 1 heterocycles. The van der Waals surface area contributed by atoms with Gasteiger partial charge in [0.1, 0.15) is 12.3 Å². The van der Waals surface area contributed by atoms with Gasteiger partial charge in [0, 0.05) is 6.20 Å². The van der Waals surface area contributed by atoms with Crippen molar-refractivity contribution in [3.63, 3.8) is 0 Å². The van der Waals surface area contributed by atoms with E-state index in [2.05, 4.69) is 17.2 Å². The molecule has 104 valence electrons. The molecule has 0 spiro atoms. The van der Waals surface area contributed by atoms with Gasteiger partial charge in [0.15, 0.2) is 5.69 Å². The second-order valence-electron chi connectivity index (χ2n) is 3.98. The van der Waals surface area contributed by atoms with E-state index in [0.29, 0.717) is 6.61 Å². The van der Waals surface area contributed by atoms with Crippen molar-refractivity contribution >= 4 is 11.9 Å². The molecule has 0 saturated heterocycles. The van der Waals surface area contributed by atoms with E-state index < -0.39 is 11.9 Å². The summed E-state index contributed by atoms with van der Waals surface area (Å²) in [7, 11) is 0. The third-order valence-corrected chi connectivity index (χ3v) is 2.41. The minimum Gasteiger partial charge on any atom is -0.505 e. The number of nitrogens with zero attached hydrogens (tertiary/aromatic N) is 1. The molecule has 0 bridgehead atoms. The third kappa shape index (κ3) is 5.37. The molecule has 19 heavy (non-hydrogen) atoms. The minimum atomic E-state index is -0.608. The third-order valence-electron chi connectivity index (χ3n) is 2.41. The summed E-state index contributed by atoms with van der Waals surface area (Å²) in [6.45, 7) is 2.18. The number of unbranched alkanes of at least 4 members (excludes halogenated alkanes) is 2. The Morgan fingerprint density at radius 1 is 1.42 bits per heavy atom. The van der Waals surface area contributed by atoms with Crippen molar-refractivity contribution in [1.29, 1.82) is 0 Å². The van der Waals surface area contributed by atoms with E-state index in [1.807, 2.05) is 0 Å².